The summed E-state index contributed by atoms with van der Waals surface area (Å²) < 4.78 is 2.91. The van der Waals surface area contributed by atoms with Crippen LogP contribution in [0.2, 0.25) is 0 Å². The highest BCUT2D eigenvalue weighted by Gasteiger charge is 2.18. The predicted octanol–water partition coefficient (Wildman–Crippen LogP) is 2.71. The molecule has 3 heterocycles. The Morgan fingerprint density at radius 2 is 2.47 bits per heavy atom. The minimum Gasteiger partial charge on any atom is -0.296 e. The topological polar surface area (TPSA) is 46.7 Å². The number of carbonyl (C=O) groups excluding carboxylic acids is 1. The maximum absolute atomic E-state index is 11.2. The number of rotatable bonds is 2. The number of nitrogens with zero attached hydrogens (tertiary/aromatic N) is 3. The van der Waals surface area contributed by atoms with Gasteiger partial charge in [0.2, 0.25) is 0 Å². The molecule has 0 fully saturated rings. The van der Waals surface area contributed by atoms with Gasteiger partial charge in [0.25, 0.3) is 0 Å². The van der Waals surface area contributed by atoms with Crippen molar-refractivity contribution < 1.29 is 4.79 Å². The highest BCUT2D eigenvalue weighted by Crippen LogP contribution is 2.32. The van der Waals surface area contributed by atoms with Gasteiger partial charge < -0.3 is 0 Å². The highest BCUT2D eigenvalue weighted by atomic mass is 32.2. The van der Waals surface area contributed by atoms with E-state index in [4.69, 9.17) is 0 Å². The molecule has 0 N–H and O–H groups in total. The van der Waals surface area contributed by atoms with Crippen molar-refractivity contribution in [2.75, 3.05) is 12.3 Å². The lowest BCUT2D eigenvalue weighted by Crippen LogP contribution is -1.93. The zero-order valence-electron chi connectivity index (χ0n) is 9.04. The first kappa shape index (κ1) is 11.3. The van der Waals surface area contributed by atoms with Crippen LogP contribution in [0.3, 0.4) is 0 Å². The van der Waals surface area contributed by atoms with Crippen LogP contribution in [0.5, 0.6) is 0 Å². The molecule has 0 atom stereocenters. The number of aromatic nitrogens is 2. The van der Waals surface area contributed by atoms with E-state index < -0.39 is 0 Å². The summed E-state index contributed by atoms with van der Waals surface area (Å²) in [6.45, 7) is 2.85. The van der Waals surface area contributed by atoms with Gasteiger partial charge in [-0.15, -0.1) is 11.3 Å². The van der Waals surface area contributed by atoms with E-state index in [1.165, 1.54) is 11.8 Å². The van der Waals surface area contributed by atoms with E-state index in [1.807, 2.05) is 16.7 Å². The Morgan fingerprint density at radius 3 is 3.18 bits per heavy atom. The first-order chi connectivity index (χ1) is 8.29. The third kappa shape index (κ3) is 1.92. The van der Waals surface area contributed by atoms with Gasteiger partial charge in [0, 0.05) is 16.8 Å². The van der Waals surface area contributed by atoms with Gasteiger partial charge in [-0.1, -0.05) is 11.8 Å². The summed E-state index contributed by atoms with van der Waals surface area (Å²) in [7, 11) is 0. The number of aldehydes is 1. The molecule has 1 aliphatic rings. The predicted molar refractivity (Wildman–Crippen MR) is 73.8 cm³/mol. The van der Waals surface area contributed by atoms with Crippen molar-refractivity contribution in [3.63, 3.8) is 0 Å². The monoisotopic (exact) mass is 283 g/mol. The van der Waals surface area contributed by atoms with Crippen molar-refractivity contribution in [1.29, 1.82) is 0 Å². The fourth-order valence-electron chi connectivity index (χ4n) is 1.64. The van der Waals surface area contributed by atoms with E-state index in [2.05, 4.69) is 9.98 Å². The van der Waals surface area contributed by atoms with Gasteiger partial charge in [0.05, 0.1) is 6.54 Å². The van der Waals surface area contributed by atoms with Crippen molar-refractivity contribution >= 4 is 50.5 Å². The maximum Gasteiger partial charge on any atom is 0.195 e. The van der Waals surface area contributed by atoms with Gasteiger partial charge in [-0.3, -0.25) is 14.2 Å². The summed E-state index contributed by atoms with van der Waals surface area (Å²) >= 11 is 4.78. The number of imidazole rings is 1. The lowest BCUT2D eigenvalue weighted by molar-refractivity contribution is 0.111. The molecule has 17 heavy (non-hydrogen) atoms. The van der Waals surface area contributed by atoms with Crippen LogP contribution in [-0.2, 0) is 0 Å². The molecule has 2 aromatic rings. The molecule has 0 unspecified atom stereocenters. The molecular formula is C10H9N3OS3. The van der Waals surface area contributed by atoms with E-state index in [-0.39, 0.29) is 0 Å². The number of thioether (sulfide) groups is 2. The minimum absolute atomic E-state index is 0.638. The molecule has 0 saturated carbocycles. The van der Waals surface area contributed by atoms with Crippen LogP contribution >= 0.6 is 34.9 Å². The standard InChI is InChI=1S/C10H9N3OS3/c1-6-5-16-9-12-8(7(4-14)13(6)9)17-10-11-2-3-15-10/h4-5H,2-3H2,1H3. The molecule has 0 radical (unpaired) electrons. The van der Waals surface area contributed by atoms with Crippen molar-refractivity contribution in [3.8, 4) is 0 Å². The lowest BCUT2D eigenvalue weighted by Gasteiger charge is -1.97. The summed E-state index contributed by atoms with van der Waals surface area (Å²) in [4.78, 5) is 20.9. The Hall–Kier alpha value is -0.790. The van der Waals surface area contributed by atoms with Crippen molar-refractivity contribution in [2.45, 2.75) is 11.9 Å². The second kappa shape index (κ2) is 4.47. The molecule has 0 bridgehead atoms. The summed E-state index contributed by atoms with van der Waals surface area (Å²) in [5.74, 6) is 1.03. The van der Waals surface area contributed by atoms with Gasteiger partial charge in [-0.05, 0) is 18.7 Å². The third-order valence-electron chi connectivity index (χ3n) is 2.39. The number of aliphatic imine (C=N–C) groups is 1. The van der Waals surface area contributed by atoms with Crippen LogP contribution < -0.4 is 0 Å². The first-order valence-electron chi connectivity index (χ1n) is 5.06. The number of hydrogen-bond donors (Lipinski definition) is 0. The summed E-state index contributed by atoms with van der Waals surface area (Å²) in [6, 6.07) is 0. The maximum atomic E-state index is 11.2. The Bertz CT molecular complexity index is 614. The largest absolute Gasteiger partial charge is 0.296 e. The molecule has 2 aromatic heterocycles. The molecule has 0 spiro atoms. The van der Waals surface area contributed by atoms with E-state index >= 15 is 0 Å². The van der Waals surface area contributed by atoms with Gasteiger partial charge >= 0.3 is 0 Å². The van der Waals surface area contributed by atoms with E-state index in [9.17, 15) is 4.79 Å². The Kier molecular flexibility index (Phi) is 2.97. The molecule has 0 amide bonds. The molecule has 3 rings (SSSR count). The summed E-state index contributed by atoms with van der Waals surface area (Å²) in [6.07, 6.45) is 0.877. The molecule has 7 heteroatoms. The lowest BCUT2D eigenvalue weighted by atomic mass is 10.5. The van der Waals surface area contributed by atoms with Crippen molar-refractivity contribution in [2.24, 2.45) is 4.99 Å². The number of carbonyl (C=O) groups is 1. The van der Waals surface area contributed by atoms with Gasteiger partial charge in [0.15, 0.2) is 11.2 Å². The zero-order chi connectivity index (χ0) is 11.8. The van der Waals surface area contributed by atoms with Crippen molar-refractivity contribution in [1.82, 2.24) is 9.38 Å². The molecule has 1 aliphatic heterocycles. The average molecular weight is 283 g/mol. The fraction of sp³-hybridized carbons (Fsp3) is 0.300. The fourth-order valence-corrected chi connectivity index (χ4v) is 4.53. The number of fused-ring (bicyclic) bond motifs is 1. The molecular weight excluding hydrogens is 274 g/mol. The summed E-state index contributed by atoms with van der Waals surface area (Å²) in [5, 5.41) is 2.77. The highest BCUT2D eigenvalue weighted by molar-refractivity contribution is 8.39. The van der Waals surface area contributed by atoms with E-state index in [0.29, 0.717) is 5.69 Å². The van der Waals surface area contributed by atoms with Gasteiger partial charge in [-0.25, -0.2) is 4.98 Å². The van der Waals surface area contributed by atoms with E-state index in [1.54, 1.807) is 23.1 Å². The number of hydrogen-bond acceptors (Lipinski definition) is 6. The Labute approximate surface area is 111 Å². The second-order valence-corrected chi connectivity index (χ2v) is 6.67. The Balaban J connectivity index is 2.06. The van der Waals surface area contributed by atoms with Crippen LogP contribution in [0, 0.1) is 6.92 Å². The van der Waals surface area contributed by atoms with Crippen LogP contribution in [-0.4, -0.2) is 32.3 Å². The second-order valence-electron chi connectivity index (χ2n) is 3.51. The Morgan fingerprint density at radius 1 is 1.59 bits per heavy atom. The number of aryl methyl sites for hydroxylation is 1. The van der Waals surface area contributed by atoms with Crippen LogP contribution in [0.1, 0.15) is 16.2 Å². The summed E-state index contributed by atoms with van der Waals surface area (Å²) in [5.41, 5.74) is 1.69. The molecule has 0 aromatic carbocycles. The van der Waals surface area contributed by atoms with Crippen LogP contribution in [0.15, 0.2) is 15.4 Å². The molecule has 4 nitrogen and oxygen atoms in total. The normalized spacial score (nSPS) is 15.5. The van der Waals surface area contributed by atoms with E-state index in [0.717, 1.165) is 38.6 Å². The minimum atomic E-state index is 0.638. The zero-order valence-corrected chi connectivity index (χ0v) is 11.5. The van der Waals surface area contributed by atoms with Crippen LogP contribution in [0.4, 0.5) is 0 Å². The number of thiazole rings is 1. The molecule has 0 saturated heterocycles. The first-order valence-corrected chi connectivity index (χ1v) is 7.74. The van der Waals surface area contributed by atoms with Crippen molar-refractivity contribution in [3.05, 3.63) is 16.8 Å². The smallest absolute Gasteiger partial charge is 0.195 e. The molecule has 0 aliphatic carbocycles. The van der Waals surface area contributed by atoms with Gasteiger partial charge in [-0.2, -0.15) is 0 Å². The van der Waals surface area contributed by atoms with Crippen LogP contribution in [0.25, 0.3) is 4.96 Å². The third-order valence-corrected chi connectivity index (χ3v) is 5.50. The molecule has 88 valence electrons. The van der Waals surface area contributed by atoms with Gasteiger partial charge in [0.1, 0.15) is 15.1 Å². The SMILES string of the molecule is Cc1csc2nc(SC3=NCCS3)c(C=O)n12. The quantitative estimate of drug-likeness (QED) is 0.795. The average Bonchev–Trinajstić information content (AvgIpc) is 2.99.